The highest BCUT2D eigenvalue weighted by atomic mass is 19.4. The Balaban J connectivity index is 2.42. The van der Waals surface area contributed by atoms with Crippen LogP contribution < -0.4 is 11.1 Å². The maximum atomic E-state index is 13.4. The van der Waals surface area contributed by atoms with Crippen LogP contribution >= 0.6 is 0 Å². The second-order valence-corrected chi connectivity index (χ2v) is 3.92. The van der Waals surface area contributed by atoms with Crippen molar-refractivity contribution < 1.29 is 17.6 Å². The third-order valence-electron chi connectivity index (χ3n) is 2.47. The largest absolute Gasteiger partial charge is 0.417 e. The summed E-state index contributed by atoms with van der Waals surface area (Å²) in [4.78, 5) is 6.93. The molecule has 0 radical (unpaired) electrons. The first-order valence-corrected chi connectivity index (χ1v) is 5.47. The van der Waals surface area contributed by atoms with E-state index in [0.717, 1.165) is 12.3 Å². The van der Waals surface area contributed by atoms with Gasteiger partial charge < -0.3 is 11.1 Å². The van der Waals surface area contributed by atoms with E-state index in [0.29, 0.717) is 6.07 Å². The summed E-state index contributed by atoms with van der Waals surface area (Å²) in [6.07, 6.45) is -3.91. The molecule has 0 aliphatic heterocycles. The molecule has 0 amide bonds. The number of hydrogen-bond acceptors (Lipinski definition) is 5. The van der Waals surface area contributed by atoms with Gasteiger partial charge in [0.15, 0.2) is 11.6 Å². The van der Waals surface area contributed by atoms with Gasteiger partial charge in [0.1, 0.15) is 0 Å². The van der Waals surface area contributed by atoms with Crippen molar-refractivity contribution in [2.24, 2.45) is 0 Å². The number of hydrogen-bond donors (Lipinski definition) is 2. The third kappa shape index (κ3) is 3.17. The molecule has 0 unspecified atom stereocenters. The van der Waals surface area contributed by atoms with Gasteiger partial charge in [0.25, 0.3) is 0 Å². The first kappa shape index (κ1) is 14.5. The SMILES string of the molecule is N#Cc1ccc(Nc2nc(N)ncc2F)cc1C(F)(F)F. The van der Waals surface area contributed by atoms with Crippen LogP contribution in [0.4, 0.5) is 35.0 Å². The average Bonchev–Trinajstić information content (AvgIpc) is 2.42. The van der Waals surface area contributed by atoms with Gasteiger partial charge in [0.05, 0.1) is 23.4 Å². The van der Waals surface area contributed by atoms with Gasteiger partial charge in [0.2, 0.25) is 5.95 Å². The molecule has 1 aromatic carbocycles. The molecular weight excluding hydrogens is 290 g/mol. The molecule has 0 spiro atoms. The van der Waals surface area contributed by atoms with Gasteiger partial charge >= 0.3 is 6.18 Å². The minimum absolute atomic E-state index is 0.0849. The Hall–Kier alpha value is -2.89. The second kappa shape index (κ2) is 5.24. The van der Waals surface area contributed by atoms with Crippen LogP contribution in [-0.2, 0) is 6.18 Å². The normalized spacial score (nSPS) is 11.0. The molecule has 5 nitrogen and oxygen atoms in total. The zero-order valence-electron chi connectivity index (χ0n) is 10.2. The van der Waals surface area contributed by atoms with Gasteiger partial charge in [-0.15, -0.1) is 0 Å². The van der Waals surface area contributed by atoms with Gasteiger partial charge in [-0.05, 0) is 18.2 Å². The Morgan fingerprint density at radius 2 is 2.00 bits per heavy atom. The first-order valence-electron chi connectivity index (χ1n) is 5.47. The number of anilines is 3. The molecule has 1 aromatic heterocycles. The summed E-state index contributed by atoms with van der Waals surface area (Å²) in [7, 11) is 0. The Bertz CT molecular complexity index is 721. The van der Waals surface area contributed by atoms with Crippen molar-refractivity contribution in [2.75, 3.05) is 11.1 Å². The highest BCUT2D eigenvalue weighted by molar-refractivity contribution is 5.60. The molecule has 0 fully saturated rings. The smallest absolute Gasteiger partial charge is 0.368 e. The quantitative estimate of drug-likeness (QED) is 0.832. The summed E-state index contributed by atoms with van der Waals surface area (Å²) in [5.74, 6) is -1.47. The lowest BCUT2D eigenvalue weighted by molar-refractivity contribution is -0.137. The Kier molecular flexibility index (Phi) is 3.62. The zero-order valence-corrected chi connectivity index (χ0v) is 10.2. The van der Waals surface area contributed by atoms with Crippen LogP contribution in [0.15, 0.2) is 24.4 Å². The van der Waals surface area contributed by atoms with E-state index in [4.69, 9.17) is 11.0 Å². The number of halogens is 4. The molecule has 9 heteroatoms. The van der Waals surface area contributed by atoms with E-state index in [1.165, 1.54) is 12.1 Å². The minimum Gasteiger partial charge on any atom is -0.368 e. The zero-order chi connectivity index (χ0) is 15.6. The van der Waals surface area contributed by atoms with Gasteiger partial charge in [-0.2, -0.15) is 23.4 Å². The molecule has 0 saturated heterocycles. The topological polar surface area (TPSA) is 87.6 Å². The monoisotopic (exact) mass is 297 g/mol. The molecule has 0 saturated carbocycles. The van der Waals surface area contributed by atoms with Crippen molar-refractivity contribution in [3.63, 3.8) is 0 Å². The predicted molar refractivity (Wildman–Crippen MR) is 65.8 cm³/mol. The molecule has 0 aliphatic rings. The number of aromatic nitrogens is 2. The highest BCUT2D eigenvalue weighted by Crippen LogP contribution is 2.34. The number of nitrogen functional groups attached to an aromatic ring is 1. The number of nitrogens with two attached hydrogens (primary N) is 1. The summed E-state index contributed by atoms with van der Waals surface area (Å²) in [6, 6.07) is 4.32. The van der Waals surface area contributed by atoms with Crippen molar-refractivity contribution in [2.45, 2.75) is 6.18 Å². The average molecular weight is 297 g/mol. The van der Waals surface area contributed by atoms with Gasteiger partial charge in [-0.3, -0.25) is 0 Å². The fourth-order valence-corrected chi connectivity index (χ4v) is 1.56. The van der Waals surface area contributed by atoms with Gasteiger partial charge in [-0.1, -0.05) is 0 Å². The van der Waals surface area contributed by atoms with Crippen LogP contribution in [0.5, 0.6) is 0 Å². The number of nitrogens with zero attached hydrogens (tertiary/aromatic N) is 3. The lowest BCUT2D eigenvalue weighted by Gasteiger charge is -2.12. The first-order chi connectivity index (χ1) is 9.81. The van der Waals surface area contributed by atoms with Crippen LogP contribution in [0.1, 0.15) is 11.1 Å². The van der Waals surface area contributed by atoms with E-state index >= 15 is 0 Å². The summed E-state index contributed by atoms with van der Waals surface area (Å²) in [5, 5.41) is 11.0. The van der Waals surface area contributed by atoms with Crippen molar-refractivity contribution in [3.8, 4) is 6.07 Å². The van der Waals surface area contributed by atoms with Crippen LogP contribution in [-0.4, -0.2) is 9.97 Å². The summed E-state index contributed by atoms with van der Waals surface area (Å²) < 4.78 is 51.8. The molecule has 108 valence electrons. The van der Waals surface area contributed by atoms with Crippen LogP contribution in [0.2, 0.25) is 0 Å². The predicted octanol–water partition coefficient (Wildman–Crippen LogP) is 2.83. The lowest BCUT2D eigenvalue weighted by Crippen LogP contribution is -2.09. The molecule has 0 atom stereocenters. The molecular formula is C12H7F4N5. The number of alkyl halides is 3. The number of nitriles is 1. The standard InChI is InChI=1S/C12H7F4N5/c13-9-5-19-11(18)21-10(9)20-7-2-1-6(4-17)8(3-7)12(14,15)16/h1-3,5H,(H3,18,19,20,21). The number of benzene rings is 1. The van der Waals surface area contributed by atoms with Crippen LogP contribution in [0.3, 0.4) is 0 Å². The molecule has 1 heterocycles. The van der Waals surface area contributed by atoms with E-state index in [-0.39, 0.29) is 17.5 Å². The second-order valence-electron chi connectivity index (χ2n) is 3.92. The fraction of sp³-hybridized carbons (Fsp3) is 0.0833. The number of nitrogens with one attached hydrogen (secondary N) is 1. The summed E-state index contributed by atoms with van der Waals surface area (Å²) in [5.41, 5.74) is 3.53. The minimum atomic E-state index is -4.70. The van der Waals surface area contributed by atoms with E-state index in [9.17, 15) is 17.6 Å². The maximum absolute atomic E-state index is 13.4. The van der Waals surface area contributed by atoms with E-state index in [1.54, 1.807) is 0 Å². The molecule has 2 rings (SSSR count). The van der Waals surface area contributed by atoms with Crippen molar-refractivity contribution in [1.29, 1.82) is 5.26 Å². The van der Waals surface area contributed by atoms with Crippen molar-refractivity contribution in [3.05, 3.63) is 41.3 Å². The van der Waals surface area contributed by atoms with Crippen LogP contribution in [0.25, 0.3) is 0 Å². The lowest BCUT2D eigenvalue weighted by atomic mass is 10.1. The van der Waals surface area contributed by atoms with Gasteiger partial charge in [-0.25, -0.2) is 9.37 Å². The molecule has 2 aromatic rings. The van der Waals surface area contributed by atoms with Crippen molar-refractivity contribution >= 4 is 17.5 Å². The van der Waals surface area contributed by atoms with E-state index in [1.807, 2.05) is 0 Å². The summed E-state index contributed by atoms with van der Waals surface area (Å²) in [6.45, 7) is 0. The highest BCUT2D eigenvalue weighted by Gasteiger charge is 2.33. The van der Waals surface area contributed by atoms with Crippen LogP contribution in [0, 0.1) is 17.1 Å². The van der Waals surface area contributed by atoms with Gasteiger partial charge in [0, 0.05) is 5.69 Å². The fourth-order valence-electron chi connectivity index (χ4n) is 1.56. The molecule has 21 heavy (non-hydrogen) atoms. The Morgan fingerprint density at radius 3 is 2.62 bits per heavy atom. The molecule has 0 bridgehead atoms. The number of rotatable bonds is 2. The maximum Gasteiger partial charge on any atom is 0.417 e. The molecule has 3 N–H and O–H groups in total. The Morgan fingerprint density at radius 1 is 1.29 bits per heavy atom. The molecule has 0 aliphatic carbocycles. The Labute approximate surface area is 116 Å². The third-order valence-corrected chi connectivity index (χ3v) is 2.47. The summed E-state index contributed by atoms with van der Waals surface area (Å²) >= 11 is 0. The van der Waals surface area contributed by atoms with Crippen molar-refractivity contribution in [1.82, 2.24) is 9.97 Å². The van der Waals surface area contributed by atoms with E-state index < -0.39 is 23.1 Å². The van der Waals surface area contributed by atoms with E-state index in [2.05, 4.69) is 15.3 Å².